The van der Waals surface area contributed by atoms with Gasteiger partial charge in [-0.2, -0.15) is 8.78 Å². The van der Waals surface area contributed by atoms with E-state index in [1.54, 1.807) is 35.7 Å². The number of amides is 1. The van der Waals surface area contributed by atoms with E-state index in [2.05, 4.69) is 14.7 Å². The summed E-state index contributed by atoms with van der Waals surface area (Å²) in [5.41, 5.74) is 1.73. The third-order valence-corrected chi connectivity index (χ3v) is 6.84. The van der Waals surface area contributed by atoms with Gasteiger partial charge in [0, 0.05) is 55.3 Å². The average molecular weight is 524 g/mol. The van der Waals surface area contributed by atoms with Crippen molar-refractivity contribution >= 4 is 17.6 Å². The van der Waals surface area contributed by atoms with Crippen molar-refractivity contribution in [2.75, 3.05) is 31.1 Å². The lowest BCUT2D eigenvalue weighted by atomic mass is 9.90. The summed E-state index contributed by atoms with van der Waals surface area (Å²) in [5, 5.41) is 20.8. The molecular weight excluding hydrogens is 496 g/mol. The molecule has 2 N–H and O–H groups in total. The van der Waals surface area contributed by atoms with Crippen LogP contribution in [0.15, 0.2) is 60.9 Å². The number of carboxylic acid groups (broad SMARTS) is 1. The minimum absolute atomic E-state index is 0.109. The van der Waals surface area contributed by atoms with Crippen LogP contribution < -0.4 is 9.64 Å². The number of pyridine rings is 2. The Morgan fingerprint density at radius 1 is 1.05 bits per heavy atom. The highest BCUT2D eigenvalue weighted by molar-refractivity contribution is 5.67. The number of hydrogen-bond acceptors (Lipinski definition) is 6. The molecule has 3 aromatic heterocycles. The highest BCUT2D eigenvalue weighted by Crippen LogP contribution is 2.38. The Labute approximate surface area is 217 Å². The molecule has 1 aromatic carbocycles. The summed E-state index contributed by atoms with van der Waals surface area (Å²) < 4.78 is 32.5. The molecule has 0 saturated carbocycles. The number of nitrogens with zero attached hydrogens (tertiary/aromatic N) is 5. The molecule has 1 atom stereocenters. The molecule has 0 bridgehead atoms. The molecule has 11 heteroatoms. The van der Waals surface area contributed by atoms with Gasteiger partial charge < -0.3 is 24.7 Å². The minimum Gasteiger partial charge on any atom is -0.465 e. The van der Waals surface area contributed by atoms with Crippen LogP contribution in [-0.2, 0) is 5.60 Å². The first-order valence-corrected chi connectivity index (χ1v) is 12.1. The number of para-hydroxylation sites is 1. The smallest absolute Gasteiger partial charge is 0.407 e. The summed E-state index contributed by atoms with van der Waals surface area (Å²) in [4.78, 5) is 23.7. The zero-order valence-corrected chi connectivity index (χ0v) is 20.9. The largest absolute Gasteiger partial charge is 0.465 e. The van der Waals surface area contributed by atoms with Crippen LogP contribution in [0.3, 0.4) is 0 Å². The number of aliphatic hydroxyl groups is 1. The van der Waals surface area contributed by atoms with E-state index in [0.717, 1.165) is 16.9 Å². The molecule has 0 radical (unpaired) electrons. The number of imidazole rings is 1. The van der Waals surface area contributed by atoms with Crippen molar-refractivity contribution in [2.45, 2.75) is 26.1 Å². The second-order valence-electron chi connectivity index (χ2n) is 9.30. The number of anilines is 1. The maximum Gasteiger partial charge on any atom is 0.407 e. The number of alkyl halides is 2. The van der Waals surface area contributed by atoms with Crippen molar-refractivity contribution in [3.05, 3.63) is 77.9 Å². The normalized spacial score (nSPS) is 15.6. The Morgan fingerprint density at radius 2 is 1.76 bits per heavy atom. The number of fused-ring (bicyclic) bond motifs is 1. The molecular formula is C27H27F2N5O4. The van der Waals surface area contributed by atoms with E-state index < -0.39 is 18.3 Å². The number of ether oxygens (including phenoxy) is 1. The van der Waals surface area contributed by atoms with Crippen molar-refractivity contribution in [1.29, 1.82) is 0 Å². The number of aryl methyl sites for hydroxylation is 1. The third kappa shape index (κ3) is 4.72. The summed E-state index contributed by atoms with van der Waals surface area (Å²) in [5.74, 6) is 0.652. The highest BCUT2D eigenvalue weighted by Gasteiger charge is 2.35. The van der Waals surface area contributed by atoms with Crippen molar-refractivity contribution in [1.82, 2.24) is 19.3 Å². The van der Waals surface area contributed by atoms with Crippen molar-refractivity contribution in [2.24, 2.45) is 0 Å². The quantitative estimate of drug-likeness (QED) is 0.387. The molecule has 1 fully saturated rings. The molecule has 0 spiro atoms. The van der Waals surface area contributed by atoms with Gasteiger partial charge in [-0.05, 0) is 44.2 Å². The number of aromatic nitrogens is 3. The van der Waals surface area contributed by atoms with Crippen LogP contribution in [0, 0.1) is 6.92 Å². The lowest BCUT2D eigenvalue weighted by Crippen LogP contribution is -2.48. The molecule has 1 aliphatic rings. The Kier molecular flexibility index (Phi) is 6.62. The fourth-order valence-electron chi connectivity index (χ4n) is 4.99. The Balaban J connectivity index is 1.47. The van der Waals surface area contributed by atoms with E-state index in [9.17, 15) is 18.7 Å². The summed E-state index contributed by atoms with van der Waals surface area (Å²) in [7, 11) is 0. The Morgan fingerprint density at radius 3 is 2.42 bits per heavy atom. The number of benzene rings is 1. The summed E-state index contributed by atoms with van der Waals surface area (Å²) in [6.07, 6.45) is 2.66. The molecule has 1 aliphatic heterocycles. The number of hydrogen-bond donors (Lipinski definition) is 2. The molecule has 1 saturated heterocycles. The number of piperazine rings is 1. The predicted octanol–water partition coefficient (Wildman–Crippen LogP) is 4.36. The van der Waals surface area contributed by atoms with Crippen LogP contribution >= 0.6 is 0 Å². The lowest BCUT2D eigenvalue weighted by molar-refractivity contribution is -0.0527. The predicted molar refractivity (Wildman–Crippen MR) is 137 cm³/mol. The topological polar surface area (TPSA) is 103 Å². The van der Waals surface area contributed by atoms with Crippen molar-refractivity contribution in [3.63, 3.8) is 0 Å². The molecule has 9 nitrogen and oxygen atoms in total. The van der Waals surface area contributed by atoms with Crippen LogP contribution in [0.1, 0.15) is 23.9 Å². The number of rotatable bonds is 6. The minimum atomic E-state index is -3.03. The van der Waals surface area contributed by atoms with Crippen LogP contribution in [-0.4, -0.2) is 68.4 Å². The molecule has 198 valence electrons. The average Bonchev–Trinajstić information content (AvgIpc) is 3.24. The first kappa shape index (κ1) is 25.4. The van der Waals surface area contributed by atoms with Gasteiger partial charge in [-0.25, -0.2) is 14.8 Å². The molecule has 1 amide bonds. The van der Waals surface area contributed by atoms with E-state index in [1.165, 1.54) is 17.9 Å². The standard InChI is InChI=1S/C27H27F2N5O4/c1-17-24(27(2,37)20-5-3-4-6-21(20)38-25(28)29)34-16-19(8-10-23(34)31-17)18-7-9-22(30-15-18)32-11-13-33(14-12-32)26(35)36/h3-10,15-16,25,37H,11-14H2,1-2H3,(H,35,36). The molecule has 4 heterocycles. The van der Waals surface area contributed by atoms with Crippen LogP contribution in [0.4, 0.5) is 19.4 Å². The van der Waals surface area contributed by atoms with Crippen molar-refractivity contribution in [3.8, 4) is 16.9 Å². The van der Waals surface area contributed by atoms with E-state index in [0.29, 0.717) is 43.2 Å². The second-order valence-corrected chi connectivity index (χ2v) is 9.30. The van der Waals surface area contributed by atoms with Gasteiger partial charge in [0.25, 0.3) is 0 Å². The van der Waals surface area contributed by atoms with Gasteiger partial charge in [0.05, 0.1) is 11.4 Å². The SMILES string of the molecule is Cc1nc2ccc(-c3ccc(N4CCN(C(=O)O)CC4)nc3)cn2c1C(C)(O)c1ccccc1OC(F)F. The summed E-state index contributed by atoms with van der Waals surface area (Å²) >= 11 is 0. The molecule has 4 aromatic rings. The van der Waals surface area contributed by atoms with Crippen LogP contribution in [0.2, 0.25) is 0 Å². The Bertz CT molecular complexity index is 1460. The van der Waals surface area contributed by atoms with E-state index in [1.807, 2.05) is 35.4 Å². The zero-order valence-electron chi connectivity index (χ0n) is 20.9. The van der Waals surface area contributed by atoms with Gasteiger partial charge in [0.1, 0.15) is 22.8 Å². The van der Waals surface area contributed by atoms with Gasteiger partial charge in [-0.3, -0.25) is 4.40 Å². The van der Waals surface area contributed by atoms with E-state index >= 15 is 0 Å². The maximum absolute atomic E-state index is 13.0. The van der Waals surface area contributed by atoms with Gasteiger partial charge >= 0.3 is 12.7 Å². The monoisotopic (exact) mass is 523 g/mol. The first-order valence-electron chi connectivity index (χ1n) is 12.1. The molecule has 1 unspecified atom stereocenters. The van der Waals surface area contributed by atoms with Gasteiger partial charge in [-0.15, -0.1) is 0 Å². The summed E-state index contributed by atoms with van der Waals surface area (Å²) in [6, 6.07) is 13.7. The Hall–Kier alpha value is -4.25. The third-order valence-electron chi connectivity index (χ3n) is 6.84. The number of halogens is 2. The van der Waals surface area contributed by atoms with Crippen LogP contribution in [0.25, 0.3) is 16.8 Å². The first-order chi connectivity index (χ1) is 18.1. The number of carbonyl (C=O) groups is 1. The molecule has 5 rings (SSSR count). The molecule has 0 aliphatic carbocycles. The van der Waals surface area contributed by atoms with Gasteiger partial charge in [0.2, 0.25) is 0 Å². The summed E-state index contributed by atoms with van der Waals surface area (Å²) in [6.45, 7) is 2.23. The maximum atomic E-state index is 13.0. The van der Waals surface area contributed by atoms with Gasteiger partial charge in [-0.1, -0.05) is 18.2 Å². The lowest BCUT2D eigenvalue weighted by Gasteiger charge is -2.33. The highest BCUT2D eigenvalue weighted by atomic mass is 19.3. The van der Waals surface area contributed by atoms with E-state index in [4.69, 9.17) is 5.11 Å². The van der Waals surface area contributed by atoms with Crippen molar-refractivity contribution < 1.29 is 28.5 Å². The second kappa shape index (κ2) is 9.90. The van der Waals surface area contributed by atoms with E-state index in [-0.39, 0.29) is 11.3 Å². The fourth-order valence-corrected chi connectivity index (χ4v) is 4.99. The van der Waals surface area contributed by atoms with Gasteiger partial charge in [0.15, 0.2) is 0 Å². The fraction of sp³-hybridized carbons (Fsp3) is 0.296. The molecule has 38 heavy (non-hydrogen) atoms. The van der Waals surface area contributed by atoms with Crippen LogP contribution in [0.5, 0.6) is 5.75 Å². The zero-order chi connectivity index (χ0) is 27.0.